The van der Waals surface area contributed by atoms with Gasteiger partial charge >= 0.3 is 0 Å². The Kier molecular flexibility index (Phi) is 7.45. The van der Waals surface area contributed by atoms with Gasteiger partial charge in [0.2, 0.25) is 0 Å². The molecule has 33 heavy (non-hydrogen) atoms. The van der Waals surface area contributed by atoms with E-state index in [9.17, 15) is 4.79 Å². The van der Waals surface area contributed by atoms with Crippen LogP contribution in [0.25, 0.3) is 0 Å². The Hall–Kier alpha value is -2.31. The normalized spacial score (nSPS) is 15.4. The summed E-state index contributed by atoms with van der Waals surface area (Å²) in [5.74, 6) is -0.807. The van der Waals surface area contributed by atoms with E-state index in [1.165, 1.54) is 12.1 Å². The molecule has 1 unspecified atom stereocenters. The molecule has 1 aliphatic heterocycles. The molecule has 0 aromatic heterocycles. The zero-order valence-electron chi connectivity index (χ0n) is 17.9. The van der Waals surface area contributed by atoms with Crippen molar-refractivity contribution in [3.63, 3.8) is 0 Å². The number of halogens is 4. The average Bonchev–Trinajstić information content (AvgIpc) is 2.79. The number of hydrogen-bond donors (Lipinski definition) is 0. The topological polar surface area (TPSA) is 32.8 Å². The van der Waals surface area contributed by atoms with Crippen LogP contribution in [0.4, 0.5) is 4.39 Å². The van der Waals surface area contributed by atoms with Gasteiger partial charge in [-0.3, -0.25) is 4.79 Å². The first kappa shape index (κ1) is 23.8. The molecule has 3 aromatic rings. The van der Waals surface area contributed by atoms with E-state index in [2.05, 4.69) is 4.90 Å². The third kappa shape index (κ3) is 5.61. The van der Waals surface area contributed by atoms with Crippen LogP contribution in [0.5, 0.6) is 5.75 Å². The maximum Gasteiger partial charge on any atom is 0.254 e. The molecule has 1 saturated heterocycles. The molecule has 0 saturated carbocycles. The minimum atomic E-state index is -0.708. The maximum atomic E-state index is 15.1. The predicted molar refractivity (Wildman–Crippen MR) is 130 cm³/mol. The zero-order chi connectivity index (χ0) is 23.5. The lowest BCUT2D eigenvalue weighted by molar-refractivity contribution is 0.0663. The van der Waals surface area contributed by atoms with E-state index < -0.39 is 11.9 Å². The Labute approximate surface area is 207 Å². The third-order valence-electron chi connectivity index (χ3n) is 5.63. The number of carbonyl (C=O) groups excluding carboxylic acids is 1. The van der Waals surface area contributed by atoms with Crippen molar-refractivity contribution in [3.05, 3.63) is 98.2 Å². The van der Waals surface area contributed by atoms with Gasteiger partial charge < -0.3 is 14.5 Å². The van der Waals surface area contributed by atoms with E-state index in [4.69, 9.17) is 39.5 Å². The zero-order valence-corrected chi connectivity index (χ0v) is 20.2. The highest BCUT2D eigenvalue weighted by atomic mass is 35.5. The summed E-state index contributed by atoms with van der Waals surface area (Å²) in [4.78, 5) is 16.7. The lowest BCUT2D eigenvalue weighted by Crippen LogP contribution is -2.47. The quantitative estimate of drug-likeness (QED) is 0.404. The molecule has 4 rings (SSSR count). The molecule has 0 bridgehead atoms. The molecule has 1 aliphatic rings. The summed E-state index contributed by atoms with van der Waals surface area (Å²) in [6.07, 6.45) is -0.708. The summed E-state index contributed by atoms with van der Waals surface area (Å²) in [7, 11) is 2.01. The molecule has 0 spiro atoms. The molecule has 172 valence electrons. The van der Waals surface area contributed by atoms with Gasteiger partial charge in [0.05, 0.1) is 0 Å². The standard InChI is InChI=1S/C25H22Cl3FN2O2/c1-30-10-12-31(13-11-30)25(32)17-4-9-23(22(29)14-17)33-24(16-2-5-18(26)6-3-16)20-8-7-19(27)15-21(20)28/h2-9,14-15,24H,10-13H2,1H3. The monoisotopic (exact) mass is 506 g/mol. The second-order valence-corrected chi connectivity index (χ2v) is 9.24. The Bertz CT molecular complexity index is 1150. The largest absolute Gasteiger partial charge is 0.478 e. The van der Waals surface area contributed by atoms with E-state index >= 15 is 4.39 Å². The van der Waals surface area contributed by atoms with Gasteiger partial charge in [0.15, 0.2) is 17.7 Å². The van der Waals surface area contributed by atoms with E-state index in [0.717, 1.165) is 18.7 Å². The average molecular weight is 508 g/mol. The Morgan fingerprint density at radius 2 is 1.58 bits per heavy atom. The van der Waals surface area contributed by atoms with Gasteiger partial charge in [-0.1, -0.05) is 53.0 Å². The van der Waals surface area contributed by atoms with E-state index in [0.29, 0.717) is 33.7 Å². The lowest BCUT2D eigenvalue weighted by Gasteiger charge is -2.32. The van der Waals surface area contributed by atoms with Gasteiger partial charge in [0, 0.05) is 52.4 Å². The molecule has 4 nitrogen and oxygen atoms in total. The van der Waals surface area contributed by atoms with E-state index in [-0.39, 0.29) is 17.2 Å². The van der Waals surface area contributed by atoms with Crippen LogP contribution < -0.4 is 4.74 Å². The molecule has 1 amide bonds. The number of ether oxygens (including phenoxy) is 1. The van der Waals surface area contributed by atoms with Gasteiger partial charge in [-0.2, -0.15) is 0 Å². The summed E-state index contributed by atoms with van der Waals surface area (Å²) in [5, 5.41) is 1.44. The second-order valence-electron chi connectivity index (χ2n) is 7.96. The molecule has 0 aliphatic carbocycles. The maximum absolute atomic E-state index is 15.1. The second kappa shape index (κ2) is 10.3. The highest BCUT2D eigenvalue weighted by Gasteiger charge is 2.24. The van der Waals surface area contributed by atoms with Gasteiger partial charge in [0.1, 0.15) is 0 Å². The molecule has 3 aromatic carbocycles. The first-order valence-electron chi connectivity index (χ1n) is 10.5. The van der Waals surface area contributed by atoms with Crippen LogP contribution >= 0.6 is 34.8 Å². The van der Waals surface area contributed by atoms with Crippen LogP contribution in [0.1, 0.15) is 27.6 Å². The van der Waals surface area contributed by atoms with Crippen molar-refractivity contribution in [1.82, 2.24) is 9.80 Å². The van der Waals surface area contributed by atoms with E-state index in [1.54, 1.807) is 53.4 Å². The summed E-state index contributed by atoms with van der Waals surface area (Å²) in [6.45, 7) is 2.81. The number of benzene rings is 3. The first-order chi connectivity index (χ1) is 15.8. The number of hydrogen-bond acceptors (Lipinski definition) is 3. The molecule has 0 N–H and O–H groups in total. The molecular weight excluding hydrogens is 486 g/mol. The van der Waals surface area contributed by atoms with Crippen LogP contribution in [-0.2, 0) is 0 Å². The van der Waals surface area contributed by atoms with Crippen molar-refractivity contribution in [2.24, 2.45) is 0 Å². The smallest absolute Gasteiger partial charge is 0.254 e. The first-order valence-corrected chi connectivity index (χ1v) is 11.6. The number of rotatable bonds is 5. The van der Waals surface area contributed by atoms with Gasteiger partial charge in [0.25, 0.3) is 5.91 Å². The molecule has 1 heterocycles. The van der Waals surface area contributed by atoms with Crippen molar-refractivity contribution < 1.29 is 13.9 Å². The number of nitrogens with zero attached hydrogens (tertiary/aromatic N) is 2. The summed E-state index contributed by atoms with van der Waals surface area (Å²) in [5.41, 5.74) is 1.65. The van der Waals surface area contributed by atoms with Crippen molar-refractivity contribution >= 4 is 40.7 Å². The highest BCUT2D eigenvalue weighted by molar-refractivity contribution is 6.35. The predicted octanol–water partition coefficient (Wildman–Crippen LogP) is 6.34. The van der Waals surface area contributed by atoms with E-state index in [1.807, 2.05) is 7.05 Å². The fourth-order valence-corrected chi connectivity index (χ4v) is 4.34. The lowest BCUT2D eigenvalue weighted by atomic mass is 10.0. The van der Waals surface area contributed by atoms with Crippen LogP contribution in [0.2, 0.25) is 15.1 Å². The Morgan fingerprint density at radius 3 is 2.21 bits per heavy atom. The van der Waals surface area contributed by atoms with Gasteiger partial charge in [-0.25, -0.2) is 4.39 Å². The fourth-order valence-electron chi connectivity index (χ4n) is 3.71. The summed E-state index contributed by atoms with van der Waals surface area (Å²) in [6, 6.07) is 16.4. The summed E-state index contributed by atoms with van der Waals surface area (Å²) < 4.78 is 21.2. The van der Waals surface area contributed by atoms with Crippen molar-refractivity contribution in [2.45, 2.75) is 6.10 Å². The fraction of sp³-hybridized carbons (Fsp3) is 0.240. The number of piperazine rings is 1. The molecule has 1 fully saturated rings. The van der Waals surface area contributed by atoms with Crippen LogP contribution in [0.3, 0.4) is 0 Å². The minimum absolute atomic E-state index is 0.0101. The SMILES string of the molecule is CN1CCN(C(=O)c2ccc(OC(c3ccc(Cl)cc3)c3ccc(Cl)cc3Cl)c(F)c2)CC1. The number of carbonyl (C=O) groups is 1. The van der Waals surface area contributed by atoms with Gasteiger partial charge in [-0.05, 0) is 55.1 Å². The molecule has 0 radical (unpaired) electrons. The molecular formula is C25H22Cl3FN2O2. The Balaban J connectivity index is 1.62. The Morgan fingerprint density at radius 1 is 0.909 bits per heavy atom. The van der Waals surface area contributed by atoms with Crippen LogP contribution in [0.15, 0.2) is 60.7 Å². The van der Waals surface area contributed by atoms with Crippen molar-refractivity contribution in [3.8, 4) is 5.75 Å². The highest BCUT2D eigenvalue weighted by Crippen LogP contribution is 2.35. The number of amides is 1. The minimum Gasteiger partial charge on any atom is -0.478 e. The van der Waals surface area contributed by atoms with Crippen LogP contribution in [-0.4, -0.2) is 48.9 Å². The molecule has 1 atom stereocenters. The third-order valence-corrected chi connectivity index (χ3v) is 6.45. The van der Waals surface area contributed by atoms with Crippen molar-refractivity contribution in [1.29, 1.82) is 0 Å². The summed E-state index contributed by atoms with van der Waals surface area (Å²) >= 11 is 18.5. The molecule has 8 heteroatoms. The number of likely N-dealkylation sites (N-methyl/N-ethyl adjacent to an activating group) is 1. The van der Waals surface area contributed by atoms with Crippen LogP contribution in [0, 0.1) is 5.82 Å². The van der Waals surface area contributed by atoms with Gasteiger partial charge in [-0.15, -0.1) is 0 Å². The van der Waals surface area contributed by atoms with Crippen molar-refractivity contribution in [2.75, 3.05) is 33.2 Å².